The number of fused-ring (bicyclic) bond motifs is 3. The lowest BCUT2D eigenvalue weighted by Crippen LogP contribution is -2.32. The average Bonchev–Trinajstić information content (AvgIpc) is 2.88. The van der Waals surface area contributed by atoms with Gasteiger partial charge in [0.05, 0.1) is 0 Å². The Morgan fingerprint density at radius 2 is 1.74 bits per heavy atom. The van der Waals surface area contributed by atoms with E-state index in [1.165, 1.54) is 31.2 Å². The van der Waals surface area contributed by atoms with E-state index in [0.29, 0.717) is 10.9 Å². The molecule has 1 spiro atoms. The highest BCUT2D eigenvalue weighted by Crippen LogP contribution is 2.66. The lowest BCUT2D eigenvalue weighted by molar-refractivity contribution is 0.523. The second-order valence-electron chi connectivity index (χ2n) is 7.81. The van der Waals surface area contributed by atoms with Crippen molar-refractivity contribution in [2.75, 3.05) is 0 Å². The van der Waals surface area contributed by atoms with E-state index in [9.17, 15) is 0 Å². The van der Waals surface area contributed by atoms with Crippen LogP contribution in [-0.2, 0) is 16.3 Å². The number of rotatable bonds is 1. The molecule has 3 fully saturated rings. The molecular weight excluding hydrogens is 248 g/mol. The van der Waals surface area contributed by atoms with Gasteiger partial charge in [0.15, 0.2) is 4.90 Å². The lowest BCUT2D eigenvalue weighted by Gasteiger charge is -2.24. The minimum atomic E-state index is 0.285. The number of hydrogen-bond acceptors (Lipinski definition) is 0. The van der Waals surface area contributed by atoms with Crippen molar-refractivity contribution in [3.63, 3.8) is 0 Å². The molecule has 1 aromatic rings. The van der Waals surface area contributed by atoms with Crippen molar-refractivity contribution in [2.24, 2.45) is 5.92 Å². The first-order valence-corrected chi connectivity index (χ1v) is 9.13. The molecule has 0 aromatic heterocycles. The molecule has 102 valence electrons. The number of benzene rings is 1. The van der Waals surface area contributed by atoms with Gasteiger partial charge in [-0.3, -0.25) is 0 Å². The topological polar surface area (TPSA) is 0 Å². The van der Waals surface area contributed by atoms with Crippen LogP contribution in [0.25, 0.3) is 0 Å². The summed E-state index contributed by atoms with van der Waals surface area (Å²) in [6.07, 6.45) is 7.64. The molecular formula is C18H25S+. The fourth-order valence-corrected chi connectivity index (χ4v) is 8.28. The van der Waals surface area contributed by atoms with Crippen molar-refractivity contribution in [1.82, 2.24) is 0 Å². The van der Waals surface area contributed by atoms with Gasteiger partial charge in [-0.15, -0.1) is 0 Å². The summed E-state index contributed by atoms with van der Waals surface area (Å²) in [4.78, 5) is 1.68. The largest absolute Gasteiger partial charge is 0.155 e. The zero-order chi connectivity index (χ0) is 13.3. The van der Waals surface area contributed by atoms with E-state index in [2.05, 4.69) is 45.0 Å². The van der Waals surface area contributed by atoms with E-state index < -0.39 is 0 Å². The van der Waals surface area contributed by atoms with E-state index in [-0.39, 0.29) is 5.41 Å². The van der Waals surface area contributed by atoms with Gasteiger partial charge in [-0.1, -0.05) is 32.9 Å². The second kappa shape index (κ2) is 3.81. The Hall–Kier alpha value is -0.430. The maximum atomic E-state index is 2.46. The molecule has 1 saturated heterocycles. The standard InChI is InChI=1S/C18H25S/c1-17(2,3)13-4-7-15(8-5-13)19-16-9-6-14(12-16)18(19)10-11-18/h4-5,7-8,14,16H,6,9-12H2,1-3H3/q+1. The normalized spacial score (nSPS) is 35.0. The van der Waals surface area contributed by atoms with Gasteiger partial charge in [0.2, 0.25) is 0 Å². The van der Waals surface area contributed by atoms with Crippen molar-refractivity contribution in [2.45, 2.75) is 73.2 Å². The highest BCUT2D eigenvalue weighted by Gasteiger charge is 2.73. The minimum Gasteiger partial charge on any atom is -0.0561 e. The zero-order valence-corrected chi connectivity index (χ0v) is 13.2. The Morgan fingerprint density at radius 3 is 2.32 bits per heavy atom. The third kappa shape index (κ3) is 1.73. The smallest absolute Gasteiger partial charge is 0.0561 e. The van der Waals surface area contributed by atoms with Crippen LogP contribution in [0.4, 0.5) is 0 Å². The minimum absolute atomic E-state index is 0.285. The first-order chi connectivity index (χ1) is 9.01. The fraction of sp³-hybridized carbons (Fsp3) is 0.667. The first kappa shape index (κ1) is 12.3. The van der Waals surface area contributed by atoms with Gasteiger partial charge in [0.1, 0.15) is 10.00 Å². The Labute approximate surface area is 120 Å². The van der Waals surface area contributed by atoms with Crippen LogP contribution in [0.15, 0.2) is 29.2 Å². The van der Waals surface area contributed by atoms with E-state index in [1.807, 2.05) is 0 Å². The van der Waals surface area contributed by atoms with Crippen LogP contribution < -0.4 is 0 Å². The van der Waals surface area contributed by atoms with Gasteiger partial charge in [-0.25, -0.2) is 0 Å². The highest BCUT2D eigenvalue weighted by molar-refractivity contribution is 7.99. The summed E-state index contributed by atoms with van der Waals surface area (Å²) in [7, 11) is 0.587. The predicted molar refractivity (Wildman–Crippen MR) is 83.9 cm³/mol. The second-order valence-corrected chi connectivity index (χ2v) is 10.4. The van der Waals surface area contributed by atoms with Crippen molar-refractivity contribution >= 4 is 10.9 Å². The summed E-state index contributed by atoms with van der Waals surface area (Å²) in [5.74, 6) is 1.09. The van der Waals surface area contributed by atoms with Crippen molar-refractivity contribution in [1.29, 1.82) is 0 Å². The van der Waals surface area contributed by atoms with Crippen LogP contribution in [0.1, 0.15) is 58.4 Å². The summed E-state index contributed by atoms with van der Waals surface area (Å²) >= 11 is 0. The quantitative estimate of drug-likeness (QED) is 0.652. The van der Waals surface area contributed by atoms with Crippen LogP contribution in [0.5, 0.6) is 0 Å². The molecule has 0 N–H and O–H groups in total. The summed E-state index contributed by atoms with van der Waals surface area (Å²) < 4.78 is 0.784. The lowest BCUT2D eigenvalue weighted by atomic mass is 9.87. The summed E-state index contributed by atoms with van der Waals surface area (Å²) in [5, 5.41) is 1.04. The van der Waals surface area contributed by atoms with Crippen LogP contribution in [0.2, 0.25) is 0 Å². The highest BCUT2D eigenvalue weighted by atomic mass is 32.2. The molecule has 1 heterocycles. The molecule has 1 aliphatic heterocycles. The summed E-state index contributed by atoms with van der Waals surface area (Å²) in [6, 6.07) is 9.71. The molecule has 1 aromatic carbocycles. The maximum absolute atomic E-state index is 2.46. The van der Waals surface area contributed by atoms with Crippen LogP contribution in [-0.4, -0.2) is 10.00 Å². The van der Waals surface area contributed by atoms with E-state index >= 15 is 0 Å². The van der Waals surface area contributed by atoms with Crippen molar-refractivity contribution in [3.05, 3.63) is 29.8 Å². The molecule has 2 saturated carbocycles. The molecule has 0 amide bonds. The molecule has 3 unspecified atom stereocenters. The van der Waals surface area contributed by atoms with Gasteiger partial charge < -0.3 is 0 Å². The first-order valence-electron chi connectivity index (χ1n) is 7.84. The molecule has 19 heavy (non-hydrogen) atoms. The molecule has 0 radical (unpaired) electrons. The monoisotopic (exact) mass is 273 g/mol. The SMILES string of the molecule is CC(C)(C)c1ccc([S+]2C3CCC(C3)C23CC3)cc1. The Balaban J connectivity index is 1.66. The molecule has 4 rings (SSSR count). The van der Waals surface area contributed by atoms with Gasteiger partial charge >= 0.3 is 0 Å². The van der Waals surface area contributed by atoms with Crippen LogP contribution in [0, 0.1) is 5.92 Å². The third-order valence-electron chi connectivity index (χ3n) is 5.62. The predicted octanol–water partition coefficient (Wildman–Crippen LogP) is 4.68. The molecule has 3 atom stereocenters. The van der Waals surface area contributed by atoms with Crippen LogP contribution in [0.3, 0.4) is 0 Å². The van der Waals surface area contributed by atoms with Gasteiger partial charge in [-0.2, -0.15) is 0 Å². The number of hydrogen-bond donors (Lipinski definition) is 0. The van der Waals surface area contributed by atoms with Gasteiger partial charge in [-0.05, 0) is 36.0 Å². The maximum Gasteiger partial charge on any atom is 0.155 e. The fourth-order valence-electron chi connectivity index (χ4n) is 4.42. The zero-order valence-electron chi connectivity index (χ0n) is 12.4. The van der Waals surface area contributed by atoms with Gasteiger partial charge in [0, 0.05) is 36.1 Å². The van der Waals surface area contributed by atoms with Crippen LogP contribution >= 0.6 is 0 Å². The molecule has 0 nitrogen and oxygen atoms in total. The molecule has 2 bridgehead atoms. The average molecular weight is 273 g/mol. The summed E-state index contributed by atoms with van der Waals surface area (Å²) in [5.41, 5.74) is 1.77. The Kier molecular flexibility index (Phi) is 2.47. The third-order valence-corrected chi connectivity index (χ3v) is 9.11. The van der Waals surface area contributed by atoms with Crippen molar-refractivity contribution < 1.29 is 0 Å². The molecule has 3 aliphatic rings. The molecule has 1 heteroatoms. The van der Waals surface area contributed by atoms with E-state index in [0.717, 1.165) is 15.9 Å². The van der Waals surface area contributed by atoms with Crippen molar-refractivity contribution in [3.8, 4) is 0 Å². The van der Waals surface area contributed by atoms with E-state index in [4.69, 9.17) is 0 Å². The Morgan fingerprint density at radius 1 is 1.05 bits per heavy atom. The van der Waals surface area contributed by atoms with E-state index in [1.54, 1.807) is 11.3 Å². The summed E-state index contributed by atoms with van der Waals surface area (Å²) in [6.45, 7) is 6.93. The molecule has 2 aliphatic carbocycles. The Bertz CT molecular complexity index is 489. The van der Waals surface area contributed by atoms with Gasteiger partial charge in [0.25, 0.3) is 0 Å².